The highest BCUT2D eigenvalue weighted by Crippen LogP contribution is 2.53. The van der Waals surface area contributed by atoms with Crippen molar-refractivity contribution in [2.45, 2.75) is 0 Å². The van der Waals surface area contributed by atoms with Gasteiger partial charge in [0.15, 0.2) is 0 Å². The van der Waals surface area contributed by atoms with Crippen molar-refractivity contribution in [2.24, 2.45) is 0 Å². The molecular formula is C52H36N2S. The molecule has 0 bridgehead atoms. The highest BCUT2D eigenvalue weighted by Gasteiger charge is 2.26. The summed E-state index contributed by atoms with van der Waals surface area (Å²) in [7, 11) is 0. The Morgan fingerprint density at radius 3 is 1.33 bits per heavy atom. The summed E-state index contributed by atoms with van der Waals surface area (Å²) >= 11 is 1.89. The molecule has 0 N–H and O–H groups in total. The predicted octanol–water partition coefficient (Wildman–Crippen LogP) is 15.5. The monoisotopic (exact) mass is 720 g/mol. The van der Waals surface area contributed by atoms with Crippen molar-refractivity contribution in [2.75, 3.05) is 9.80 Å². The van der Waals surface area contributed by atoms with Crippen LogP contribution in [0.3, 0.4) is 0 Å². The molecule has 9 aromatic carbocycles. The Labute approximate surface area is 325 Å². The topological polar surface area (TPSA) is 6.48 Å². The average Bonchev–Trinajstić information content (AvgIpc) is 3.67. The zero-order valence-electron chi connectivity index (χ0n) is 30.1. The number of rotatable bonds is 8. The second-order valence-corrected chi connectivity index (χ2v) is 14.7. The minimum atomic E-state index is 1.11. The van der Waals surface area contributed by atoms with Crippen molar-refractivity contribution in [1.82, 2.24) is 0 Å². The van der Waals surface area contributed by atoms with E-state index in [0.29, 0.717) is 0 Å². The Morgan fingerprint density at radius 2 is 0.745 bits per heavy atom. The highest BCUT2D eigenvalue weighted by atomic mass is 32.1. The van der Waals surface area contributed by atoms with Gasteiger partial charge in [0, 0.05) is 38.0 Å². The van der Waals surface area contributed by atoms with Gasteiger partial charge in [0.1, 0.15) is 0 Å². The molecule has 0 radical (unpaired) electrons. The zero-order chi connectivity index (χ0) is 36.6. The molecule has 0 aliphatic carbocycles. The van der Waals surface area contributed by atoms with Gasteiger partial charge >= 0.3 is 0 Å². The second-order valence-electron chi connectivity index (χ2n) is 13.7. The van der Waals surface area contributed by atoms with E-state index in [1.165, 1.54) is 53.2 Å². The second kappa shape index (κ2) is 14.1. The summed E-state index contributed by atoms with van der Waals surface area (Å²) < 4.78 is 2.52. The Balaban J connectivity index is 1.32. The van der Waals surface area contributed by atoms with Gasteiger partial charge in [-0.3, -0.25) is 0 Å². The summed E-state index contributed by atoms with van der Waals surface area (Å²) in [5, 5.41) is 4.99. The fraction of sp³-hybridized carbons (Fsp3) is 0. The molecule has 10 rings (SSSR count). The Morgan fingerprint density at radius 1 is 0.291 bits per heavy atom. The summed E-state index contributed by atoms with van der Waals surface area (Å²) in [6.45, 7) is 0. The van der Waals surface area contributed by atoms with Crippen molar-refractivity contribution in [3.05, 3.63) is 218 Å². The van der Waals surface area contributed by atoms with Crippen molar-refractivity contribution < 1.29 is 0 Å². The SMILES string of the molecule is c1ccc(-c2ccccc2N(c2ccccc2)c2ccc(N(c3ccccc3)c3ccccc3-c3ccccc3)c3c2sc2c4ccccc4ccc23)cc1. The van der Waals surface area contributed by atoms with Crippen LogP contribution in [0.5, 0.6) is 0 Å². The van der Waals surface area contributed by atoms with Gasteiger partial charge in [-0.15, -0.1) is 11.3 Å². The fourth-order valence-electron chi connectivity index (χ4n) is 7.97. The van der Waals surface area contributed by atoms with Crippen molar-refractivity contribution >= 4 is 76.4 Å². The van der Waals surface area contributed by atoms with Crippen molar-refractivity contribution in [3.8, 4) is 22.3 Å². The minimum Gasteiger partial charge on any atom is -0.309 e. The smallest absolute Gasteiger partial charge is 0.0642 e. The summed E-state index contributed by atoms with van der Waals surface area (Å²) in [5.74, 6) is 0. The standard InChI is InChI=1S/C52H36N2S/c1-5-19-37(20-6-1)42-28-15-17-31-46(42)53(40-24-9-3-10-25-40)48-35-36-49(52-50(48)45-34-33-39-23-13-14-30-44(39)51(45)55-52)54(41-26-11-4-12-27-41)47-32-18-16-29-43(47)38-21-7-2-8-22-38/h1-36H. The average molecular weight is 721 g/mol. The van der Waals surface area contributed by atoms with Gasteiger partial charge in [-0.25, -0.2) is 0 Å². The largest absolute Gasteiger partial charge is 0.309 e. The van der Waals surface area contributed by atoms with Crippen LogP contribution in [0.25, 0.3) is 53.2 Å². The number of para-hydroxylation sites is 4. The maximum Gasteiger partial charge on any atom is 0.0642 e. The molecule has 2 nitrogen and oxygen atoms in total. The molecule has 10 aromatic rings. The first-order valence-corrected chi connectivity index (χ1v) is 19.5. The van der Waals surface area contributed by atoms with Crippen LogP contribution in [0.4, 0.5) is 34.1 Å². The van der Waals surface area contributed by atoms with Crippen LogP contribution < -0.4 is 9.80 Å². The molecule has 0 aliphatic rings. The lowest BCUT2D eigenvalue weighted by atomic mass is 9.99. The van der Waals surface area contributed by atoms with E-state index in [9.17, 15) is 0 Å². The molecule has 0 saturated heterocycles. The molecule has 0 saturated carbocycles. The lowest BCUT2D eigenvalue weighted by Crippen LogP contribution is -2.14. The first-order valence-electron chi connectivity index (χ1n) is 18.7. The van der Waals surface area contributed by atoms with Gasteiger partial charge in [0.05, 0.1) is 27.4 Å². The van der Waals surface area contributed by atoms with E-state index >= 15 is 0 Å². The zero-order valence-corrected chi connectivity index (χ0v) is 30.9. The maximum absolute atomic E-state index is 2.46. The minimum absolute atomic E-state index is 1.11. The van der Waals surface area contributed by atoms with Gasteiger partial charge in [-0.1, -0.05) is 170 Å². The van der Waals surface area contributed by atoms with Crippen LogP contribution in [-0.4, -0.2) is 0 Å². The van der Waals surface area contributed by atoms with Crippen LogP contribution in [0.2, 0.25) is 0 Å². The number of hydrogen-bond acceptors (Lipinski definition) is 3. The summed E-state index contributed by atoms with van der Waals surface area (Å²) in [6, 6.07) is 78.7. The van der Waals surface area contributed by atoms with E-state index in [4.69, 9.17) is 0 Å². The molecule has 1 aromatic heterocycles. The van der Waals surface area contributed by atoms with E-state index in [1.807, 2.05) is 11.3 Å². The van der Waals surface area contributed by atoms with Gasteiger partial charge in [0.25, 0.3) is 0 Å². The number of benzene rings is 9. The third-order valence-electron chi connectivity index (χ3n) is 10.4. The van der Waals surface area contributed by atoms with E-state index in [1.54, 1.807) is 0 Å². The lowest BCUT2D eigenvalue weighted by Gasteiger charge is -2.31. The van der Waals surface area contributed by atoms with Crippen LogP contribution in [0.1, 0.15) is 0 Å². The lowest BCUT2D eigenvalue weighted by molar-refractivity contribution is 1.28. The summed E-state index contributed by atoms with van der Waals surface area (Å²) in [6.07, 6.45) is 0. The number of thiophene rings is 1. The Bertz CT molecular complexity index is 2920. The molecule has 260 valence electrons. The van der Waals surface area contributed by atoms with Gasteiger partial charge in [0.2, 0.25) is 0 Å². The van der Waals surface area contributed by atoms with Crippen LogP contribution >= 0.6 is 11.3 Å². The fourth-order valence-corrected chi connectivity index (χ4v) is 9.33. The predicted molar refractivity (Wildman–Crippen MR) is 237 cm³/mol. The highest BCUT2D eigenvalue weighted by molar-refractivity contribution is 7.27. The molecular weight excluding hydrogens is 685 g/mol. The number of hydrogen-bond donors (Lipinski definition) is 0. The molecule has 0 atom stereocenters. The van der Waals surface area contributed by atoms with Gasteiger partial charge in [-0.2, -0.15) is 0 Å². The third-order valence-corrected chi connectivity index (χ3v) is 11.7. The third kappa shape index (κ3) is 5.83. The normalized spacial score (nSPS) is 11.3. The molecule has 0 spiro atoms. The molecule has 55 heavy (non-hydrogen) atoms. The maximum atomic E-state index is 2.46. The van der Waals surface area contributed by atoms with Gasteiger partial charge in [-0.05, 0) is 70.4 Å². The van der Waals surface area contributed by atoms with Gasteiger partial charge < -0.3 is 9.80 Å². The molecule has 0 aliphatic heterocycles. The van der Waals surface area contributed by atoms with Crippen molar-refractivity contribution in [1.29, 1.82) is 0 Å². The van der Waals surface area contributed by atoms with E-state index in [0.717, 1.165) is 34.1 Å². The number of fused-ring (bicyclic) bond motifs is 5. The molecule has 0 fully saturated rings. The van der Waals surface area contributed by atoms with E-state index in [2.05, 4.69) is 228 Å². The summed E-state index contributed by atoms with van der Waals surface area (Å²) in [4.78, 5) is 4.91. The van der Waals surface area contributed by atoms with E-state index < -0.39 is 0 Å². The Hall–Kier alpha value is -6.94. The quantitative estimate of drug-likeness (QED) is 0.154. The van der Waals surface area contributed by atoms with Crippen molar-refractivity contribution in [3.63, 3.8) is 0 Å². The first-order chi connectivity index (χ1) is 27.3. The molecule has 0 amide bonds. The first kappa shape index (κ1) is 32.7. The molecule has 0 unspecified atom stereocenters. The molecule has 3 heteroatoms. The summed E-state index contributed by atoms with van der Waals surface area (Å²) in [5.41, 5.74) is 11.5. The van der Waals surface area contributed by atoms with Crippen LogP contribution in [0.15, 0.2) is 218 Å². The number of nitrogens with zero attached hydrogens (tertiary/aromatic N) is 2. The Kier molecular flexibility index (Phi) is 8.40. The van der Waals surface area contributed by atoms with Crippen LogP contribution in [-0.2, 0) is 0 Å². The van der Waals surface area contributed by atoms with E-state index in [-0.39, 0.29) is 0 Å². The number of anilines is 6. The van der Waals surface area contributed by atoms with Crippen LogP contribution in [0, 0.1) is 0 Å². The molecule has 1 heterocycles.